The van der Waals surface area contributed by atoms with Gasteiger partial charge in [-0.1, -0.05) is 0 Å². The molecule has 0 aromatic carbocycles. The summed E-state index contributed by atoms with van der Waals surface area (Å²) in [6.07, 6.45) is -0.594. The molecule has 1 amide bonds. The van der Waals surface area contributed by atoms with Crippen LogP contribution in [0.3, 0.4) is 0 Å². The molecule has 1 aromatic heterocycles. The monoisotopic (exact) mass is 239 g/mol. The van der Waals surface area contributed by atoms with Gasteiger partial charge in [0.15, 0.2) is 5.82 Å². The number of aromatic nitrogens is 2. The van der Waals surface area contributed by atoms with Crippen LogP contribution >= 0.6 is 0 Å². The van der Waals surface area contributed by atoms with Crippen LogP contribution in [-0.4, -0.2) is 21.5 Å². The predicted molar refractivity (Wildman–Crippen MR) is 64.1 cm³/mol. The minimum Gasteiger partial charge on any atom is -0.444 e. The van der Waals surface area contributed by atoms with Crippen molar-refractivity contribution in [2.75, 3.05) is 5.32 Å². The number of hydrogen-bond acceptors (Lipinski definition) is 4. The number of hydrogen-bond donors (Lipinski definition) is 1. The van der Waals surface area contributed by atoms with Crippen LogP contribution in [0.5, 0.6) is 0 Å². The summed E-state index contributed by atoms with van der Waals surface area (Å²) in [7, 11) is 1.52. The lowest BCUT2D eigenvalue weighted by Gasteiger charge is -2.19. The maximum absolute atomic E-state index is 11.5. The lowest BCUT2D eigenvalue weighted by Crippen LogP contribution is -2.29. The van der Waals surface area contributed by atoms with E-state index in [1.807, 2.05) is 0 Å². The smallest absolute Gasteiger partial charge is 0.413 e. The quantitative estimate of drug-likeness (QED) is 0.804. The van der Waals surface area contributed by atoms with E-state index in [1.54, 1.807) is 27.7 Å². The van der Waals surface area contributed by atoms with Gasteiger partial charge in [0, 0.05) is 12.6 Å². The van der Waals surface area contributed by atoms with Crippen molar-refractivity contribution in [2.45, 2.75) is 33.3 Å². The van der Waals surface area contributed by atoms with Crippen LogP contribution in [0.1, 0.15) is 26.3 Å². The van der Waals surface area contributed by atoms with Crippen LogP contribution in [0.15, 0.2) is 10.9 Å². The van der Waals surface area contributed by atoms with Gasteiger partial charge in [0.2, 0.25) is 0 Å². The number of carbonyl (C=O) groups is 1. The number of ether oxygens (including phenoxy) is 1. The molecule has 0 atom stereocenters. The Bertz CT molecular complexity index is 459. The molecule has 0 saturated heterocycles. The lowest BCUT2D eigenvalue weighted by atomic mass is 10.2. The molecule has 17 heavy (non-hydrogen) atoms. The van der Waals surface area contributed by atoms with Gasteiger partial charge in [-0.25, -0.2) is 9.48 Å². The fourth-order valence-electron chi connectivity index (χ4n) is 1.23. The standard InChI is InChI=1S/C11H17N3O3/c1-7-6-8(13-14(5)9(7)15)12-10(16)17-11(2,3)4/h6H,1-5H3,(H,12,13,16). The van der Waals surface area contributed by atoms with E-state index in [9.17, 15) is 9.59 Å². The van der Waals surface area contributed by atoms with Gasteiger partial charge >= 0.3 is 6.09 Å². The third-order valence-electron chi connectivity index (χ3n) is 1.87. The SMILES string of the molecule is Cc1cc(NC(=O)OC(C)(C)C)nn(C)c1=O. The molecule has 0 unspecified atom stereocenters. The number of carbonyl (C=O) groups excluding carboxylic acids is 1. The molecule has 6 heteroatoms. The van der Waals surface area contributed by atoms with Crippen molar-refractivity contribution >= 4 is 11.9 Å². The second-order valence-electron chi connectivity index (χ2n) is 4.77. The molecular formula is C11H17N3O3. The van der Waals surface area contributed by atoms with Gasteiger partial charge in [-0.15, -0.1) is 0 Å². The summed E-state index contributed by atoms with van der Waals surface area (Å²) in [5.41, 5.74) is -0.256. The molecule has 1 rings (SSSR count). The molecule has 1 aromatic rings. The Morgan fingerprint density at radius 2 is 2.06 bits per heavy atom. The topological polar surface area (TPSA) is 73.2 Å². The van der Waals surface area contributed by atoms with Gasteiger partial charge in [-0.2, -0.15) is 5.10 Å². The van der Waals surface area contributed by atoms with E-state index in [2.05, 4.69) is 10.4 Å². The van der Waals surface area contributed by atoms with Crippen molar-refractivity contribution in [3.63, 3.8) is 0 Å². The molecule has 0 saturated carbocycles. The fourth-order valence-corrected chi connectivity index (χ4v) is 1.23. The van der Waals surface area contributed by atoms with E-state index in [4.69, 9.17) is 4.74 Å². The number of amides is 1. The van der Waals surface area contributed by atoms with Crippen molar-refractivity contribution in [3.8, 4) is 0 Å². The van der Waals surface area contributed by atoms with Gasteiger partial charge in [-0.3, -0.25) is 10.1 Å². The van der Waals surface area contributed by atoms with Crippen LogP contribution in [0.2, 0.25) is 0 Å². The van der Waals surface area contributed by atoms with Gasteiger partial charge in [0.05, 0.1) is 0 Å². The van der Waals surface area contributed by atoms with E-state index in [-0.39, 0.29) is 5.56 Å². The first-order chi connectivity index (χ1) is 7.69. The Kier molecular flexibility index (Phi) is 3.55. The Balaban J connectivity index is 2.83. The van der Waals surface area contributed by atoms with Crippen LogP contribution in [0.4, 0.5) is 10.6 Å². The van der Waals surface area contributed by atoms with Crippen molar-refractivity contribution in [1.82, 2.24) is 9.78 Å². The number of anilines is 1. The average molecular weight is 239 g/mol. The molecule has 6 nitrogen and oxygen atoms in total. The van der Waals surface area contributed by atoms with Crippen molar-refractivity contribution in [1.29, 1.82) is 0 Å². The largest absolute Gasteiger partial charge is 0.444 e. The molecule has 0 spiro atoms. The molecule has 0 fully saturated rings. The maximum atomic E-state index is 11.5. The number of rotatable bonds is 1. The number of nitrogens with one attached hydrogen (secondary N) is 1. The van der Waals surface area contributed by atoms with E-state index >= 15 is 0 Å². The molecule has 0 aliphatic carbocycles. The fraction of sp³-hybridized carbons (Fsp3) is 0.545. The van der Waals surface area contributed by atoms with Crippen LogP contribution in [0, 0.1) is 6.92 Å². The summed E-state index contributed by atoms with van der Waals surface area (Å²) >= 11 is 0. The minimum atomic E-state index is -0.594. The van der Waals surface area contributed by atoms with Crippen LogP contribution < -0.4 is 10.9 Å². The maximum Gasteiger partial charge on any atom is 0.413 e. The van der Waals surface area contributed by atoms with Gasteiger partial charge < -0.3 is 4.74 Å². The first kappa shape index (κ1) is 13.2. The third kappa shape index (κ3) is 3.90. The van der Waals surface area contributed by atoms with E-state index in [0.717, 1.165) is 0 Å². The second kappa shape index (κ2) is 4.57. The van der Waals surface area contributed by atoms with E-state index in [1.165, 1.54) is 17.8 Å². The molecule has 1 N–H and O–H groups in total. The molecule has 94 valence electrons. The first-order valence-corrected chi connectivity index (χ1v) is 5.24. The molecular weight excluding hydrogens is 222 g/mol. The Morgan fingerprint density at radius 3 is 2.53 bits per heavy atom. The van der Waals surface area contributed by atoms with Crippen LogP contribution in [0.25, 0.3) is 0 Å². The average Bonchev–Trinajstić information content (AvgIpc) is 2.10. The molecule has 0 aliphatic heterocycles. The van der Waals surface area contributed by atoms with Crippen molar-refractivity contribution in [2.24, 2.45) is 7.05 Å². The third-order valence-corrected chi connectivity index (χ3v) is 1.87. The second-order valence-corrected chi connectivity index (χ2v) is 4.77. The lowest BCUT2D eigenvalue weighted by molar-refractivity contribution is 0.0635. The summed E-state index contributed by atoms with van der Waals surface area (Å²) < 4.78 is 6.24. The van der Waals surface area contributed by atoms with E-state index in [0.29, 0.717) is 11.4 Å². The highest BCUT2D eigenvalue weighted by atomic mass is 16.6. The van der Waals surface area contributed by atoms with Crippen LogP contribution in [-0.2, 0) is 11.8 Å². The normalized spacial score (nSPS) is 11.1. The zero-order valence-electron chi connectivity index (χ0n) is 10.7. The summed E-state index contributed by atoms with van der Waals surface area (Å²) in [4.78, 5) is 22.9. The highest BCUT2D eigenvalue weighted by Gasteiger charge is 2.16. The number of aryl methyl sites for hydroxylation is 2. The first-order valence-electron chi connectivity index (χ1n) is 5.24. The zero-order valence-corrected chi connectivity index (χ0v) is 10.7. The predicted octanol–water partition coefficient (Wildman–Crippen LogP) is 1.44. The van der Waals surface area contributed by atoms with Gasteiger partial charge in [0.25, 0.3) is 5.56 Å². The summed E-state index contributed by atoms with van der Waals surface area (Å²) in [5.74, 6) is 0.291. The summed E-state index contributed by atoms with van der Waals surface area (Å²) in [6, 6.07) is 1.51. The molecule has 0 radical (unpaired) electrons. The van der Waals surface area contributed by atoms with Gasteiger partial charge in [-0.05, 0) is 33.8 Å². The summed E-state index contributed by atoms with van der Waals surface area (Å²) in [6.45, 7) is 6.97. The number of nitrogens with zero attached hydrogens (tertiary/aromatic N) is 2. The molecule has 0 bridgehead atoms. The Morgan fingerprint density at radius 1 is 1.47 bits per heavy atom. The summed E-state index contributed by atoms with van der Waals surface area (Å²) in [5, 5.41) is 6.37. The Labute approximate surface area is 99.6 Å². The molecule has 1 heterocycles. The molecule has 0 aliphatic rings. The van der Waals surface area contributed by atoms with Gasteiger partial charge in [0.1, 0.15) is 5.60 Å². The highest BCUT2D eigenvalue weighted by molar-refractivity contribution is 5.83. The highest BCUT2D eigenvalue weighted by Crippen LogP contribution is 2.09. The van der Waals surface area contributed by atoms with E-state index < -0.39 is 11.7 Å². The minimum absolute atomic E-state index is 0.195. The zero-order chi connectivity index (χ0) is 13.2. The van der Waals surface area contributed by atoms with Crippen molar-refractivity contribution < 1.29 is 9.53 Å². The van der Waals surface area contributed by atoms with Crippen molar-refractivity contribution in [3.05, 3.63) is 22.0 Å². The Hall–Kier alpha value is -1.85.